The average molecular weight is 368 g/mol. The third-order valence-electron chi connectivity index (χ3n) is 4.28. The Morgan fingerprint density at radius 3 is 2.19 bits per heavy atom. The number of nitrogen functional groups attached to an aromatic ring is 2. The highest BCUT2D eigenvalue weighted by Crippen LogP contribution is 2.39. The summed E-state index contributed by atoms with van der Waals surface area (Å²) in [5, 5.41) is 0. The predicted molar refractivity (Wildman–Crippen MR) is 100 cm³/mol. The SMILES string of the molecule is Nc1ccc(-c2nc3ccc(N)cc3n2-c2ccccc2)c(C(F)(F)F)c1. The predicted octanol–water partition coefficient (Wildman–Crippen LogP) is 4.88. The van der Waals surface area contributed by atoms with Gasteiger partial charge in [-0.05, 0) is 48.5 Å². The van der Waals surface area contributed by atoms with E-state index in [-0.39, 0.29) is 17.1 Å². The number of rotatable bonds is 2. The third-order valence-corrected chi connectivity index (χ3v) is 4.28. The van der Waals surface area contributed by atoms with Crippen LogP contribution in [0.2, 0.25) is 0 Å². The number of hydrogen-bond acceptors (Lipinski definition) is 3. The molecule has 1 aromatic heterocycles. The van der Waals surface area contributed by atoms with E-state index < -0.39 is 11.7 Å². The molecule has 7 heteroatoms. The molecule has 0 aliphatic carbocycles. The Balaban J connectivity index is 2.10. The monoisotopic (exact) mass is 368 g/mol. The van der Waals surface area contributed by atoms with Gasteiger partial charge in [0.2, 0.25) is 0 Å². The fourth-order valence-electron chi connectivity index (χ4n) is 3.10. The molecule has 4 aromatic rings. The van der Waals surface area contributed by atoms with E-state index in [2.05, 4.69) is 4.98 Å². The molecule has 0 aliphatic rings. The maximum absolute atomic E-state index is 13.7. The minimum atomic E-state index is -4.57. The molecule has 4 nitrogen and oxygen atoms in total. The van der Waals surface area contributed by atoms with Gasteiger partial charge < -0.3 is 11.5 Å². The molecule has 1 heterocycles. The molecule has 0 bridgehead atoms. The van der Waals surface area contributed by atoms with E-state index in [9.17, 15) is 13.2 Å². The van der Waals surface area contributed by atoms with Crippen LogP contribution >= 0.6 is 0 Å². The fraction of sp³-hybridized carbons (Fsp3) is 0.0500. The molecule has 0 atom stereocenters. The minimum Gasteiger partial charge on any atom is -0.399 e. The van der Waals surface area contributed by atoms with Gasteiger partial charge in [-0.3, -0.25) is 4.57 Å². The summed E-state index contributed by atoms with van der Waals surface area (Å²) in [4.78, 5) is 4.47. The Morgan fingerprint density at radius 2 is 1.48 bits per heavy atom. The molecular formula is C20H15F3N4. The van der Waals surface area contributed by atoms with E-state index in [1.807, 2.05) is 18.2 Å². The van der Waals surface area contributed by atoms with Crippen molar-refractivity contribution >= 4 is 22.4 Å². The van der Waals surface area contributed by atoms with E-state index in [1.165, 1.54) is 12.1 Å². The van der Waals surface area contributed by atoms with E-state index in [4.69, 9.17) is 11.5 Å². The Kier molecular flexibility index (Phi) is 3.80. The van der Waals surface area contributed by atoms with Gasteiger partial charge in [0.15, 0.2) is 0 Å². The highest BCUT2D eigenvalue weighted by molar-refractivity contribution is 5.86. The van der Waals surface area contributed by atoms with E-state index in [0.29, 0.717) is 22.4 Å². The molecular weight excluding hydrogens is 353 g/mol. The highest BCUT2D eigenvalue weighted by atomic mass is 19.4. The van der Waals surface area contributed by atoms with Crippen molar-refractivity contribution in [1.29, 1.82) is 0 Å². The molecule has 0 saturated carbocycles. The second-order valence-corrected chi connectivity index (χ2v) is 6.16. The van der Waals surface area contributed by atoms with Crippen molar-refractivity contribution in [3.05, 3.63) is 72.3 Å². The van der Waals surface area contributed by atoms with Crippen molar-refractivity contribution in [2.24, 2.45) is 0 Å². The number of nitrogens with two attached hydrogens (primary N) is 2. The summed E-state index contributed by atoms with van der Waals surface area (Å²) in [5.41, 5.74) is 13.0. The Bertz CT molecular complexity index is 1130. The number of anilines is 2. The number of aromatic nitrogens is 2. The Hall–Kier alpha value is -3.48. The van der Waals surface area contributed by atoms with Gasteiger partial charge >= 0.3 is 6.18 Å². The van der Waals surface area contributed by atoms with E-state index >= 15 is 0 Å². The van der Waals surface area contributed by atoms with Gasteiger partial charge in [-0.25, -0.2) is 4.98 Å². The average Bonchev–Trinajstić information content (AvgIpc) is 3.00. The van der Waals surface area contributed by atoms with Gasteiger partial charge in [-0.1, -0.05) is 18.2 Å². The molecule has 4 N–H and O–H groups in total. The number of nitrogens with zero attached hydrogens (tertiary/aromatic N) is 2. The first-order chi connectivity index (χ1) is 12.8. The number of fused-ring (bicyclic) bond motifs is 1. The summed E-state index contributed by atoms with van der Waals surface area (Å²) in [7, 11) is 0. The van der Waals surface area contributed by atoms with Crippen LogP contribution in [0, 0.1) is 0 Å². The molecule has 0 saturated heterocycles. The Morgan fingerprint density at radius 1 is 0.815 bits per heavy atom. The first kappa shape index (κ1) is 17.0. The van der Waals surface area contributed by atoms with Crippen molar-refractivity contribution in [3.63, 3.8) is 0 Å². The maximum Gasteiger partial charge on any atom is 0.417 e. The van der Waals surface area contributed by atoms with Gasteiger partial charge in [0.05, 0.1) is 16.6 Å². The van der Waals surface area contributed by atoms with Crippen molar-refractivity contribution in [2.45, 2.75) is 6.18 Å². The lowest BCUT2D eigenvalue weighted by Crippen LogP contribution is -2.10. The van der Waals surface area contributed by atoms with E-state index in [0.717, 1.165) is 6.07 Å². The topological polar surface area (TPSA) is 69.9 Å². The Labute approximate surface area is 152 Å². The standard InChI is InChI=1S/C20H15F3N4/c21-20(22,23)16-10-12(24)6-8-15(16)19-26-17-9-7-13(25)11-18(17)27(19)14-4-2-1-3-5-14/h1-11H,24-25H2. The minimum absolute atomic E-state index is 0.0395. The molecule has 3 aromatic carbocycles. The van der Waals surface area contributed by atoms with Gasteiger partial charge in [0.1, 0.15) is 5.82 Å². The summed E-state index contributed by atoms with van der Waals surface area (Å²) in [5.74, 6) is 0.175. The van der Waals surface area contributed by atoms with Crippen LogP contribution in [0.15, 0.2) is 66.7 Å². The molecule has 0 radical (unpaired) electrons. The van der Waals surface area contributed by atoms with Crippen LogP contribution in [-0.4, -0.2) is 9.55 Å². The van der Waals surface area contributed by atoms with Crippen LogP contribution in [0.1, 0.15) is 5.56 Å². The summed E-state index contributed by atoms with van der Waals surface area (Å²) in [6.45, 7) is 0. The molecule has 27 heavy (non-hydrogen) atoms. The first-order valence-electron chi connectivity index (χ1n) is 8.15. The molecule has 4 rings (SSSR count). The van der Waals surface area contributed by atoms with Crippen LogP contribution in [0.5, 0.6) is 0 Å². The normalized spacial score (nSPS) is 11.8. The van der Waals surface area contributed by atoms with Gasteiger partial charge in [-0.15, -0.1) is 0 Å². The number of halogens is 3. The van der Waals surface area contributed by atoms with Crippen LogP contribution in [-0.2, 0) is 6.18 Å². The van der Waals surface area contributed by atoms with Gasteiger partial charge in [0, 0.05) is 22.6 Å². The quantitative estimate of drug-likeness (QED) is 0.496. The lowest BCUT2D eigenvalue weighted by Gasteiger charge is -2.15. The van der Waals surface area contributed by atoms with Crippen LogP contribution < -0.4 is 11.5 Å². The van der Waals surface area contributed by atoms with Gasteiger partial charge in [-0.2, -0.15) is 13.2 Å². The van der Waals surface area contributed by atoms with Crippen LogP contribution in [0.4, 0.5) is 24.5 Å². The zero-order chi connectivity index (χ0) is 19.2. The fourth-order valence-corrected chi connectivity index (χ4v) is 3.10. The molecule has 0 spiro atoms. The highest BCUT2D eigenvalue weighted by Gasteiger charge is 2.35. The summed E-state index contributed by atoms with van der Waals surface area (Å²) in [6, 6.07) is 17.8. The van der Waals surface area contributed by atoms with Crippen LogP contribution in [0.25, 0.3) is 28.1 Å². The second-order valence-electron chi connectivity index (χ2n) is 6.16. The number of alkyl halides is 3. The van der Waals surface area contributed by atoms with Crippen molar-refractivity contribution in [3.8, 4) is 17.1 Å². The number of benzene rings is 3. The maximum atomic E-state index is 13.7. The molecule has 0 unspecified atom stereocenters. The summed E-state index contributed by atoms with van der Waals surface area (Å²) in [6.07, 6.45) is -4.57. The summed E-state index contributed by atoms with van der Waals surface area (Å²) >= 11 is 0. The lowest BCUT2D eigenvalue weighted by atomic mass is 10.1. The molecule has 0 amide bonds. The van der Waals surface area contributed by atoms with Crippen molar-refractivity contribution in [2.75, 3.05) is 11.5 Å². The lowest BCUT2D eigenvalue weighted by molar-refractivity contribution is -0.137. The van der Waals surface area contributed by atoms with Crippen LogP contribution in [0.3, 0.4) is 0 Å². The number of imidazole rings is 1. The molecule has 0 fully saturated rings. The number of hydrogen-bond donors (Lipinski definition) is 2. The largest absolute Gasteiger partial charge is 0.417 e. The third kappa shape index (κ3) is 2.97. The zero-order valence-corrected chi connectivity index (χ0v) is 14.0. The first-order valence-corrected chi connectivity index (χ1v) is 8.15. The smallest absolute Gasteiger partial charge is 0.399 e. The summed E-state index contributed by atoms with van der Waals surface area (Å²) < 4.78 is 42.6. The van der Waals surface area contributed by atoms with Crippen molar-refractivity contribution < 1.29 is 13.2 Å². The molecule has 0 aliphatic heterocycles. The molecule has 136 valence electrons. The van der Waals surface area contributed by atoms with E-state index in [1.54, 1.807) is 34.9 Å². The zero-order valence-electron chi connectivity index (χ0n) is 14.0. The van der Waals surface area contributed by atoms with Crippen molar-refractivity contribution in [1.82, 2.24) is 9.55 Å². The van der Waals surface area contributed by atoms with Gasteiger partial charge in [0.25, 0.3) is 0 Å². The number of para-hydroxylation sites is 1. The second kappa shape index (κ2) is 6.05.